The smallest absolute Gasteiger partial charge is 0.343 e. The van der Waals surface area contributed by atoms with Crippen LogP contribution in [0.3, 0.4) is 0 Å². The highest BCUT2D eigenvalue weighted by atomic mass is 32.2. The van der Waals surface area contributed by atoms with Gasteiger partial charge in [-0.15, -0.1) is 0 Å². The second-order valence-electron chi connectivity index (χ2n) is 6.69. The van der Waals surface area contributed by atoms with Crippen LogP contribution in [0.25, 0.3) is 6.08 Å². The number of esters is 1. The number of carbonyl (C=O) groups is 1. The van der Waals surface area contributed by atoms with Crippen LogP contribution in [0.15, 0.2) is 82.6 Å². The van der Waals surface area contributed by atoms with E-state index in [9.17, 15) is 18.5 Å². The monoisotopic (exact) mass is 463 g/mol. The van der Waals surface area contributed by atoms with Crippen LogP contribution >= 0.6 is 0 Å². The number of carbonyl (C=O) groups excluding carboxylic acids is 1. The lowest BCUT2D eigenvalue weighted by molar-refractivity contribution is 0.0728. The molecule has 33 heavy (non-hydrogen) atoms. The first-order valence-corrected chi connectivity index (χ1v) is 11.4. The molecule has 0 spiro atoms. The van der Waals surface area contributed by atoms with Crippen molar-refractivity contribution in [2.24, 2.45) is 0 Å². The number of rotatable bonds is 8. The summed E-state index contributed by atoms with van der Waals surface area (Å²) >= 11 is 0. The molecule has 0 aliphatic heterocycles. The highest BCUT2D eigenvalue weighted by Gasteiger charge is 2.21. The second kappa shape index (κ2) is 10.5. The average molecular weight is 464 g/mol. The topological polar surface area (TPSA) is 103 Å². The number of hydrogen-bond donors (Lipinski definition) is 0. The van der Waals surface area contributed by atoms with Crippen molar-refractivity contribution >= 4 is 21.9 Å². The van der Waals surface area contributed by atoms with E-state index in [1.165, 1.54) is 43.5 Å². The summed E-state index contributed by atoms with van der Waals surface area (Å²) in [7, 11) is -2.45. The fraction of sp³-hybridized carbons (Fsp3) is 0.120. The third kappa shape index (κ3) is 5.59. The Morgan fingerprint density at radius 2 is 1.70 bits per heavy atom. The quantitative estimate of drug-likeness (QED) is 0.272. The van der Waals surface area contributed by atoms with Crippen molar-refractivity contribution in [2.45, 2.75) is 11.8 Å². The van der Waals surface area contributed by atoms with E-state index in [2.05, 4.69) is 0 Å². The van der Waals surface area contributed by atoms with E-state index in [4.69, 9.17) is 14.2 Å². The zero-order valence-electron chi connectivity index (χ0n) is 18.0. The van der Waals surface area contributed by atoms with Crippen molar-refractivity contribution < 1.29 is 27.4 Å². The summed E-state index contributed by atoms with van der Waals surface area (Å²) in [5.74, 6) is 0.421. The van der Waals surface area contributed by atoms with Crippen LogP contribution in [0.4, 0.5) is 0 Å². The number of sulfone groups is 1. The molecule has 0 aliphatic carbocycles. The molecule has 3 aromatic carbocycles. The van der Waals surface area contributed by atoms with Gasteiger partial charge in [0.2, 0.25) is 9.84 Å². The highest BCUT2D eigenvalue weighted by Crippen LogP contribution is 2.31. The Labute approximate surface area is 192 Å². The van der Waals surface area contributed by atoms with Gasteiger partial charge in [0.15, 0.2) is 11.5 Å². The van der Waals surface area contributed by atoms with Gasteiger partial charge < -0.3 is 14.2 Å². The second-order valence-corrected chi connectivity index (χ2v) is 8.61. The molecule has 8 heteroatoms. The van der Waals surface area contributed by atoms with E-state index in [-0.39, 0.29) is 23.0 Å². The van der Waals surface area contributed by atoms with Gasteiger partial charge in [0, 0.05) is 0 Å². The molecule has 0 bridgehead atoms. The van der Waals surface area contributed by atoms with E-state index in [1.807, 2.05) is 0 Å². The molecule has 0 heterocycles. The summed E-state index contributed by atoms with van der Waals surface area (Å²) in [6.07, 6.45) is 1.25. The average Bonchev–Trinajstić information content (AvgIpc) is 2.84. The molecule has 0 saturated heterocycles. The first-order chi connectivity index (χ1) is 15.9. The maximum absolute atomic E-state index is 12.8. The molecule has 0 aliphatic rings. The maximum atomic E-state index is 12.8. The summed E-state index contributed by atoms with van der Waals surface area (Å²) in [5, 5.41) is 9.49. The van der Waals surface area contributed by atoms with Crippen LogP contribution in [0.2, 0.25) is 0 Å². The number of nitriles is 1. The summed E-state index contributed by atoms with van der Waals surface area (Å²) in [4.78, 5) is 12.1. The molecule has 7 nitrogen and oxygen atoms in total. The van der Waals surface area contributed by atoms with Crippen molar-refractivity contribution in [2.75, 3.05) is 13.7 Å². The Balaban J connectivity index is 1.91. The van der Waals surface area contributed by atoms with Crippen LogP contribution in [0, 0.1) is 11.3 Å². The van der Waals surface area contributed by atoms with E-state index in [0.717, 1.165) is 0 Å². The normalized spacial score (nSPS) is 11.4. The molecular weight excluding hydrogens is 442 g/mol. The van der Waals surface area contributed by atoms with E-state index >= 15 is 0 Å². The molecule has 0 radical (unpaired) electrons. The third-order valence-electron chi connectivity index (χ3n) is 4.55. The number of allylic oxidation sites excluding steroid dienone is 1. The van der Waals surface area contributed by atoms with Gasteiger partial charge in [-0.1, -0.05) is 24.3 Å². The molecule has 0 saturated carbocycles. The molecule has 0 aromatic heterocycles. The maximum Gasteiger partial charge on any atom is 0.343 e. The van der Waals surface area contributed by atoms with Crippen LogP contribution < -0.4 is 14.2 Å². The minimum Gasteiger partial charge on any atom is -0.497 e. The van der Waals surface area contributed by atoms with Gasteiger partial charge in [0.1, 0.15) is 16.7 Å². The largest absolute Gasteiger partial charge is 0.497 e. The van der Waals surface area contributed by atoms with Gasteiger partial charge in [0.05, 0.1) is 24.2 Å². The first kappa shape index (κ1) is 23.6. The lowest BCUT2D eigenvalue weighted by Gasteiger charge is -2.12. The third-order valence-corrected chi connectivity index (χ3v) is 6.23. The Morgan fingerprint density at radius 3 is 2.30 bits per heavy atom. The molecule has 168 valence electrons. The zero-order valence-corrected chi connectivity index (χ0v) is 18.8. The van der Waals surface area contributed by atoms with Gasteiger partial charge in [-0.05, 0) is 67.1 Å². The molecular formula is C25H21NO6S. The van der Waals surface area contributed by atoms with Crippen molar-refractivity contribution in [3.8, 4) is 23.3 Å². The van der Waals surface area contributed by atoms with Gasteiger partial charge in [-0.2, -0.15) is 5.26 Å². The summed E-state index contributed by atoms with van der Waals surface area (Å²) < 4.78 is 41.7. The minimum absolute atomic E-state index is 0.0212. The zero-order chi connectivity index (χ0) is 23.8. The molecule has 0 fully saturated rings. The highest BCUT2D eigenvalue weighted by molar-refractivity contribution is 7.95. The first-order valence-electron chi connectivity index (χ1n) is 9.94. The summed E-state index contributed by atoms with van der Waals surface area (Å²) in [6, 6.07) is 20.4. The van der Waals surface area contributed by atoms with Crippen molar-refractivity contribution in [1.82, 2.24) is 0 Å². The fourth-order valence-electron chi connectivity index (χ4n) is 2.90. The van der Waals surface area contributed by atoms with Crippen molar-refractivity contribution in [1.29, 1.82) is 5.26 Å². The number of benzene rings is 3. The lowest BCUT2D eigenvalue weighted by atomic mass is 10.2. The van der Waals surface area contributed by atoms with Crippen molar-refractivity contribution in [3.63, 3.8) is 0 Å². The van der Waals surface area contributed by atoms with Gasteiger partial charge in [-0.25, -0.2) is 13.2 Å². The number of nitrogens with zero attached hydrogens (tertiary/aromatic N) is 1. The summed E-state index contributed by atoms with van der Waals surface area (Å²) in [5.41, 5.74) is 0.724. The molecule has 3 aromatic rings. The van der Waals surface area contributed by atoms with Gasteiger partial charge >= 0.3 is 5.97 Å². The predicted molar refractivity (Wildman–Crippen MR) is 123 cm³/mol. The number of hydrogen-bond acceptors (Lipinski definition) is 7. The van der Waals surface area contributed by atoms with Crippen LogP contribution in [0.5, 0.6) is 17.2 Å². The SMILES string of the molecule is CCOc1cc(C=C(C#N)S(=O)(=O)c2ccccc2)ccc1OC(=O)c1ccc(OC)cc1. The molecule has 0 atom stereocenters. The Bertz CT molecular complexity index is 1310. The minimum atomic E-state index is -3.98. The number of methoxy groups -OCH3 is 1. The Kier molecular flexibility index (Phi) is 7.49. The predicted octanol–water partition coefficient (Wildman–Crippen LogP) is 4.65. The molecule has 3 rings (SSSR count). The van der Waals surface area contributed by atoms with Crippen LogP contribution in [-0.2, 0) is 9.84 Å². The van der Waals surface area contributed by atoms with Gasteiger partial charge in [0.25, 0.3) is 0 Å². The van der Waals surface area contributed by atoms with E-state index in [0.29, 0.717) is 16.9 Å². The Morgan fingerprint density at radius 1 is 1.00 bits per heavy atom. The number of ether oxygens (including phenoxy) is 3. The summed E-state index contributed by atoms with van der Waals surface area (Å²) in [6.45, 7) is 2.05. The van der Waals surface area contributed by atoms with Gasteiger partial charge in [-0.3, -0.25) is 0 Å². The van der Waals surface area contributed by atoms with Crippen molar-refractivity contribution in [3.05, 3.63) is 88.8 Å². The van der Waals surface area contributed by atoms with E-state index in [1.54, 1.807) is 55.5 Å². The lowest BCUT2D eigenvalue weighted by Crippen LogP contribution is -2.09. The van der Waals surface area contributed by atoms with E-state index < -0.39 is 20.7 Å². The molecule has 0 unspecified atom stereocenters. The molecule has 0 N–H and O–H groups in total. The molecule has 0 amide bonds. The van der Waals surface area contributed by atoms with Crippen LogP contribution in [-0.4, -0.2) is 28.1 Å². The standard InChI is InChI=1S/C25H21NO6S/c1-3-31-24-16-18(15-22(17-26)33(28,29)21-7-5-4-6-8-21)9-14-23(24)32-25(27)19-10-12-20(30-2)13-11-19/h4-16H,3H2,1-2H3. The Hall–Kier alpha value is -4.09. The van der Waals surface area contributed by atoms with Crippen LogP contribution in [0.1, 0.15) is 22.8 Å². The fourth-order valence-corrected chi connectivity index (χ4v) is 4.08.